The first-order valence-corrected chi connectivity index (χ1v) is 5.83. The fourth-order valence-electron chi connectivity index (χ4n) is 1.97. The van der Waals surface area contributed by atoms with E-state index in [1.807, 2.05) is 24.3 Å². The topological polar surface area (TPSA) is 35.2 Å². The summed E-state index contributed by atoms with van der Waals surface area (Å²) in [5.41, 5.74) is 8.62. The second kappa shape index (κ2) is 5.65. The Kier molecular flexibility index (Phi) is 3.95. The molecule has 2 aromatic carbocycles. The molecule has 2 rings (SSSR count). The van der Waals surface area contributed by atoms with Gasteiger partial charge in [0.2, 0.25) is 0 Å². The monoisotopic (exact) mass is 245 g/mol. The first-order chi connectivity index (χ1) is 8.72. The molecular formula is C15H16FNO. The van der Waals surface area contributed by atoms with E-state index in [1.165, 1.54) is 12.1 Å². The number of ether oxygens (including phenoxy) is 1. The normalized spacial score (nSPS) is 10.4. The fourth-order valence-corrected chi connectivity index (χ4v) is 1.97. The summed E-state index contributed by atoms with van der Waals surface area (Å²) in [6.07, 6.45) is 0.634. The van der Waals surface area contributed by atoms with Crippen LogP contribution in [0.4, 0.5) is 4.39 Å². The second-order valence-corrected chi connectivity index (χ2v) is 4.16. The maximum atomic E-state index is 13.3. The van der Waals surface area contributed by atoms with Gasteiger partial charge >= 0.3 is 0 Å². The zero-order chi connectivity index (χ0) is 13.0. The summed E-state index contributed by atoms with van der Waals surface area (Å²) in [6.45, 7) is 0.508. The van der Waals surface area contributed by atoms with Crippen LogP contribution in [0, 0.1) is 5.82 Å². The average Bonchev–Trinajstić information content (AvgIpc) is 2.39. The molecular weight excluding hydrogens is 229 g/mol. The van der Waals surface area contributed by atoms with Crippen molar-refractivity contribution in [2.24, 2.45) is 5.73 Å². The lowest BCUT2D eigenvalue weighted by Gasteiger charge is -2.09. The minimum Gasteiger partial charge on any atom is -0.496 e. The van der Waals surface area contributed by atoms with Gasteiger partial charge in [-0.25, -0.2) is 4.39 Å². The van der Waals surface area contributed by atoms with Crippen LogP contribution in [-0.2, 0) is 13.0 Å². The van der Waals surface area contributed by atoms with Crippen LogP contribution in [0.1, 0.15) is 16.7 Å². The molecule has 0 saturated heterocycles. The predicted octanol–water partition coefficient (Wildman–Crippen LogP) is 2.88. The molecule has 0 heterocycles. The highest BCUT2D eigenvalue weighted by atomic mass is 19.1. The van der Waals surface area contributed by atoms with Crippen molar-refractivity contribution in [1.82, 2.24) is 0 Å². The highest BCUT2D eigenvalue weighted by Gasteiger charge is 2.06. The van der Waals surface area contributed by atoms with Gasteiger partial charge < -0.3 is 10.5 Å². The zero-order valence-corrected chi connectivity index (χ0v) is 10.3. The number of halogens is 1. The first-order valence-electron chi connectivity index (χ1n) is 5.83. The van der Waals surface area contributed by atoms with E-state index in [0.717, 1.165) is 16.7 Å². The summed E-state index contributed by atoms with van der Waals surface area (Å²) in [5.74, 6) is 0.454. The summed E-state index contributed by atoms with van der Waals surface area (Å²) in [6, 6.07) is 12.5. The van der Waals surface area contributed by atoms with Crippen molar-refractivity contribution >= 4 is 0 Å². The zero-order valence-electron chi connectivity index (χ0n) is 10.3. The molecule has 0 unspecified atom stereocenters. The number of nitrogens with two attached hydrogens (primary N) is 1. The minimum absolute atomic E-state index is 0.249. The van der Waals surface area contributed by atoms with Crippen LogP contribution >= 0.6 is 0 Å². The van der Waals surface area contributed by atoms with E-state index in [2.05, 4.69) is 0 Å². The molecule has 94 valence electrons. The van der Waals surface area contributed by atoms with Crippen molar-refractivity contribution in [2.45, 2.75) is 13.0 Å². The van der Waals surface area contributed by atoms with Crippen molar-refractivity contribution in [3.63, 3.8) is 0 Å². The maximum absolute atomic E-state index is 13.3. The maximum Gasteiger partial charge on any atom is 0.123 e. The summed E-state index contributed by atoms with van der Waals surface area (Å²) >= 11 is 0. The Labute approximate surface area is 106 Å². The molecule has 0 bridgehead atoms. The van der Waals surface area contributed by atoms with Crippen molar-refractivity contribution in [1.29, 1.82) is 0 Å². The highest BCUT2D eigenvalue weighted by Crippen LogP contribution is 2.22. The minimum atomic E-state index is -0.249. The molecule has 0 fully saturated rings. The lowest BCUT2D eigenvalue weighted by molar-refractivity contribution is 0.409. The summed E-state index contributed by atoms with van der Waals surface area (Å²) in [5, 5.41) is 0. The first kappa shape index (κ1) is 12.6. The van der Waals surface area contributed by atoms with Crippen molar-refractivity contribution in [2.75, 3.05) is 7.11 Å². The lowest BCUT2D eigenvalue weighted by Crippen LogP contribution is -1.99. The van der Waals surface area contributed by atoms with Crippen molar-refractivity contribution in [3.05, 3.63) is 65.0 Å². The molecule has 0 aliphatic rings. The lowest BCUT2D eigenvalue weighted by atomic mass is 10.0. The number of rotatable bonds is 4. The highest BCUT2D eigenvalue weighted by molar-refractivity contribution is 5.38. The van der Waals surface area contributed by atoms with E-state index in [-0.39, 0.29) is 5.82 Å². The summed E-state index contributed by atoms with van der Waals surface area (Å²) < 4.78 is 18.5. The molecule has 0 aromatic heterocycles. The molecule has 0 atom stereocenters. The molecule has 0 amide bonds. The van der Waals surface area contributed by atoms with Gasteiger partial charge in [-0.15, -0.1) is 0 Å². The molecule has 0 spiro atoms. The third kappa shape index (κ3) is 2.87. The predicted molar refractivity (Wildman–Crippen MR) is 70.1 cm³/mol. The average molecular weight is 245 g/mol. The van der Waals surface area contributed by atoms with Crippen LogP contribution in [0.2, 0.25) is 0 Å². The van der Waals surface area contributed by atoms with E-state index in [1.54, 1.807) is 13.2 Å². The molecule has 0 saturated carbocycles. The van der Waals surface area contributed by atoms with Gasteiger partial charge in [0.1, 0.15) is 11.6 Å². The van der Waals surface area contributed by atoms with Crippen LogP contribution in [0.3, 0.4) is 0 Å². The molecule has 18 heavy (non-hydrogen) atoms. The fraction of sp³-hybridized carbons (Fsp3) is 0.200. The van der Waals surface area contributed by atoms with E-state index in [0.29, 0.717) is 18.7 Å². The van der Waals surface area contributed by atoms with Gasteiger partial charge in [-0.2, -0.15) is 0 Å². The Bertz CT molecular complexity index is 540. The van der Waals surface area contributed by atoms with Gasteiger partial charge in [0.15, 0.2) is 0 Å². The number of methoxy groups -OCH3 is 1. The van der Waals surface area contributed by atoms with Crippen LogP contribution in [-0.4, -0.2) is 7.11 Å². The van der Waals surface area contributed by atoms with E-state index in [9.17, 15) is 4.39 Å². The number of hydrogen-bond donors (Lipinski definition) is 1. The molecule has 3 heteroatoms. The van der Waals surface area contributed by atoms with Gasteiger partial charge in [0.05, 0.1) is 7.11 Å². The third-order valence-corrected chi connectivity index (χ3v) is 2.86. The summed E-state index contributed by atoms with van der Waals surface area (Å²) in [4.78, 5) is 0. The number of benzene rings is 2. The number of hydrogen-bond acceptors (Lipinski definition) is 2. The van der Waals surface area contributed by atoms with Gasteiger partial charge in [-0.05, 0) is 29.3 Å². The van der Waals surface area contributed by atoms with Crippen LogP contribution in [0.5, 0.6) is 5.75 Å². The molecule has 2 N–H and O–H groups in total. The Morgan fingerprint density at radius 1 is 1.11 bits per heavy atom. The Morgan fingerprint density at radius 3 is 2.61 bits per heavy atom. The van der Waals surface area contributed by atoms with E-state index >= 15 is 0 Å². The third-order valence-electron chi connectivity index (χ3n) is 2.86. The largest absolute Gasteiger partial charge is 0.496 e. The van der Waals surface area contributed by atoms with Gasteiger partial charge in [-0.3, -0.25) is 0 Å². The molecule has 0 aliphatic carbocycles. The standard InChI is InChI=1S/C15H16FNO/c1-18-15-6-5-14(16)9-13(15)8-11-3-2-4-12(7-11)10-17/h2-7,9H,8,10,17H2,1H3. The smallest absolute Gasteiger partial charge is 0.123 e. The summed E-state index contributed by atoms with van der Waals surface area (Å²) in [7, 11) is 1.59. The SMILES string of the molecule is COc1ccc(F)cc1Cc1cccc(CN)c1. The van der Waals surface area contributed by atoms with Crippen molar-refractivity contribution < 1.29 is 9.13 Å². The Hall–Kier alpha value is -1.87. The van der Waals surface area contributed by atoms with E-state index < -0.39 is 0 Å². The molecule has 0 aliphatic heterocycles. The van der Waals surface area contributed by atoms with Gasteiger partial charge in [-0.1, -0.05) is 24.3 Å². The van der Waals surface area contributed by atoms with Crippen molar-refractivity contribution in [3.8, 4) is 5.75 Å². The second-order valence-electron chi connectivity index (χ2n) is 4.16. The molecule has 2 aromatic rings. The van der Waals surface area contributed by atoms with Crippen LogP contribution < -0.4 is 10.5 Å². The Morgan fingerprint density at radius 2 is 1.89 bits per heavy atom. The Balaban J connectivity index is 2.29. The molecule has 2 nitrogen and oxygen atoms in total. The molecule has 0 radical (unpaired) electrons. The van der Waals surface area contributed by atoms with Gasteiger partial charge in [0, 0.05) is 18.5 Å². The quantitative estimate of drug-likeness (QED) is 0.899. The van der Waals surface area contributed by atoms with Crippen LogP contribution in [0.25, 0.3) is 0 Å². The van der Waals surface area contributed by atoms with Gasteiger partial charge in [0.25, 0.3) is 0 Å². The van der Waals surface area contributed by atoms with Crippen LogP contribution in [0.15, 0.2) is 42.5 Å². The van der Waals surface area contributed by atoms with E-state index in [4.69, 9.17) is 10.5 Å².